The van der Waals surface area contributed by atoms with Gasteiger partial charge in [0.25, 0.3) is 0 Å². The molecule has 106 valence electrons. The van der Waals surface area contributed by atoms with Crippen LogP contribution in [0.5, 0.6) is 5.75 Å². The van der Waals surface area contributed by atoms with Crippen LogP contribution in [0.2, 0.25) is 0 Å². The highest BCUT2D eigenvalue weighted by Crippen LogP contribution is 2.26. The third kappa shape index (κ3) is 4.22. The van der Waals surface area contributed by atoms with Crippen LogP contribution in [0.15, 0.2) is 18.2 Å². The number of aliphatic hydroxyl groups is 1. The maximum atomic E-state index is 9.89. The van der Waals surface area contributed by atoms with Crippen molar-refractivity contribution in [3.8, 4) is 5.75 Å². The Labute approximate surface area is 116 Å². The molecular formula is C16H25NO2. The van der Waals surface area contributed by atoms with E-state index in [1.165, 1.54) is 11.1 Å². The second-order valence-corrected chi connectivity index (χ2v) is 5.97. The Morgan fingerprint density at radius 3 is 2.84 bits per heavy atom. The van der Waals surface area contributed by atoms with Gasteiger partial charge in [-0.05, 0) is 44.0 Å². The Bertz CT molecular complexity index is 423. The lowest BCUT2D eigenvalue weighted by molar-refractivity contribution is 0.0382. The molecule has 19 heavy (non-hydrogen) atoms. The number of ether oxygens (including phenoxy) is 1. The number of benzene rings is 1. The summed E-state index contributed by atoms with van der Waals surface area (Å²) in [5.74, 6) is 1.05. The van der Waals surface area contributed by atoms with Gasteiger partial charge in [0, 0.05) is 19.5 Å². The van der Waals surface area contributed by atoms with Gasteiger partial charge < -0.3 is 14.7 Å². The lowest BCUT2D eigenvalue weighted by Gasteiger charge is -2.27. The Hall–Kier alpha value is -1.06. The summed E-state index contributed by atoms with van der Waals surface area (Å²) in [5, 5.41) is 9.89. The van der Waals surface area contributed by atoms with Crippen LogP contribution in [0.3, 0.4) is 0 Å². The fourth-order valence-electron chi connectivity index (χ4n) is 2.58. The summed E-state index contributed by atoms with van der Waals surface area (Å²) in [5.41, 5.74) is 2.07. The average Bonchev–Trinajstić information content (AvgIpc) is 2.80. The zero-order chi connectivity index (χ0) is 13.9. The van der Waals surface area contributed by atoms with Gasteiger partial charge in [-0.3, -0.25) is 0 Å². The summed E-state index contributed by atoms with van der Waals surface area (Å²) < 4.78 is 5.52. The third-order valence-corrected chi connectivity index (χ3v) is 3.53. The van der Waals surface area contributed by atoms with E-state index in [0.717, 1.165) is 44.8 Å². The maximum Gasteiger partial charge on any atom is 0.122 e. The van der Waals surface area contributed by atoms with Gasteiger partial charge in [0.05, 0.1) is 12.2 Å². The lowest BCUT2D eigenvalue weighted by Crippen LogP contribution is -2.39. The molecule has 3 nitrogen and oxygen atoms in total. The molecule has 0 fully saturated rings. The highest BCUT2D eigenvalue weighted by molar-refractivity contribution is 5.39. The largest absolute Gasteiger partial charge is 0.493 e. The maximum absolute atomic E-state index is 9.89. The predicted molar refractivity (Wildman–Crippen MR) is 77.8 cm³/mol. The normalized spacial score (nSPS) is 14.6. The van der Waals surface area contributed by atoms with E-state index >= 15 is 0 Å². The van der Waals surface area contributed by atoms with Crippen molar-refractivity contribution in [1.29, 1.82) is 0 Å². The average molecular weight is 263 g/mol. The molecule has 0 saturated carbocycles. The van der Waals surface area contributed by atoms with Gasteiger partial charge in [-0.25, -0.2) is 0 Å². The van der Waals surface area contributed by atoms with Crippen molar-refractivity contribution >= 4 is 0 Å². The summed E-state index contributed by atoms with van der Waals surface area (Å²) in [6.45, 7) is 9.36. The first-order valence-electron chi connectivity index (χ1n) is 7.17. The molecule has 0 unspecified atom stereocenters. The number of rotatable bonds is 6. The minimum Gasteiger partial charge on any atom is -0.493 e. The van der Waals surface area contributed by atoms with E-state index in [1.807, 2.05) is 13.8 Å². The molecule has 0 bridgehead atoms. The lowest BCUT2D eigenvalue weighted by atomic mass is 10.1. The molecule has 2 rings (SSSR count). The second-order valence-electron chi connectivity index (χ2n) is 5.97. The SMILES string of the molecule is CCN(CCc1ccc2c(c1)CCO2)CC(C)(C)O. The summed E-state index contributed by atoms with van der Waals surface area (Å²) >= 11 is 0. The van der Waals surface area contributed by atoms with Gasteiger partial charge in [-0.15, -0.1) is 0 Å². The van der Waals surface area contributed by atoms with Crippen molar-refractivity contribution in [2.45, 2.75) is 39.2 Å². The summed E-state index contributed by atoms with van der Waals surface area (Å²) in [6, 6.07) is 6.51. The molecule has 0 saturated heterocycles. The fourth-order valence-corrected chi connectivity index (χ4v) is 2.58. The van der Waals surface area contributed by atoms with Gasteiger partial charge in [0.1, 0.15) is 5.75 Å². The Balaban J connectivity index is 1.90. The Kier molecular flexibility index (Phi) is 4.48. The highest BCUT2D eigenvalue weighted by Gasteiger charge is 2.17. The van der Waals surface area contributed by atoms with E-state index in [-0.39, 0.29) is 0 Å². The molecule has 1 aromatic carbocycles. The summed E-state index contributed by atoms with van der Waals surface area (Å²) in [6.07, 6.45) is 2.06. The molecule has 1 heterocycles. The number of nitrogens with zero attached hydrogens (tertiary/aromatic N) is 1. The van der Waals surface area contributed by atoms with Crippen molar-refractivity contribution in [2.75, 3.05) is 26.2 Å². The van der Waals surface area contributed by atoms with Crippen molar-refractivity contribution < 1.29 is 9.84 Å². The Morgan fingerprint density at radius 2 is 2.16 bits per heavy atom. The fraction of sp³-hybridized carbons (Fsp3) is 0.625. The van der Waals surface area contributed by atoms with Crippen molar-refractivity contribution in [1.82, 2.24) is 4.90 Å². The van der Waals surface area contributed by atoms with Crippen LogP contribution < -0.4 is 4.74 Å². The molecule has 0 spiro atoms. The zero-order valence-electron chi connectivity index (χ0n) is 12.3. The van der Waals surface area contributed by atoms with E-state index in [2.05, 4.69) is 30.0 Å². The van der Waals surface area contributed by atoms with Crippen LogP contribution >= 0.6 is 0 Å². The molecular weight excluding hydrogens is 238 g/mol. The molecule has 1 aromatic rings. The zero-order valence-corrected chi connectivity index (χ0v) is 12.3. The smallest absolute Gasteiger partial charge is 0.122 e. The van der Waals surface area contributed by atoms with Crippen molar-refractivity contribution in [3.63, 3.8) is 0 Å². The van der Waals surface area contributed by atoms with Crippen LogP contribution in [0, 0.1) is 0 Å². The summed E-state index contributed by atoms with van der Waals surface area (Å²) in [7, 11) is 0. The van der Waals surface area contributed by atoms with Crippen LogP contribution in [0.25, 0.3) is 0 Å². The molecule has 0 amide bonds. The minimum atomic E-state index is -0.623. The summed E-state index contributed by atoms with van der Waals surface area (Å²) in [4.78, 5) is 2.30. The topological polar surface area (TPSA) is 32.7 Å². The molecule has 1 N–H and O–H groups in total. The van der Waals surface area contributed by atoms with E-state index < -0.39 is 5.60 Å². The van der Waals surface area contributed by atoms with Crippen molar-refractivity contribution in [3.05, 3.63) is 29.3 Å². The Morgan fingerprint density at radius 1 is 1.37 bits per heavy atom. The number of hydrogen-bond acceptors (Lipinski definition) is 3. The van der Waals surface area contributed by atoms with E-state index in [1.54, 1.807) is 0 Å². The number of hydrogen-bond donors (Lipinski definition) is 1. The van der Waals surface area contributed by atoms with Crippen LogP contribution in [0.1, 0.15) is 31.9 Å². The highest BCUT2D eigenvalue weighted by atomic mass is 16.5. The first-order valence-corrected chi connectivity index (χ1v) is 7.17. The molecule has 0 aliphatic carbocycles. The molecule has 0 aromatic heterocycles. The van der Waals surface area contributed by atoms with Crippen molar-refractivity contribution in [2.24, 2.45) is 0 Å². The molecule has 0 atom stereocenters. The standard InChI is InChI=1S/C16H25NO2/c1-4-17(12-16(2,3)18)9-7-13-5-6-15-14(11-13)8-10-19-15/h5-6,11,18H,4,7-10,12H2,1-3H3. The molecule has 3 heteroatoms. The first kappa shape index (κ1) is 14.4. The molecule has 0 radical (unpaired) electrons. The number of fused-ring (bicyclic) bond motifs is 1. The predicted octanol–water partition coefficient (Wildman–Crippen LogP) is 2.26. The van der Waals surface area contributed by atoms with Crippen LogP contribution in [0.4, 0.5) is 0 Å². The minimum absolute atomic E-state index is 0.623. The number of likely N-dealkylation sites (N-methyl/N-ethyl adjacent to an activating group) is 1. The van der Waals surface area contributed by atoms with E-state index in [0.29, 0.717) is 0 Å². The molecule has 1 aliphatic heterocycles. The van der Waals surface area contributed by atoms with E-state index in [4.69, 9.17) is 4.74 Å². The van der Waals surface area contributed by atoms with Gasteiger partial charge in [0.2, 0.25) is 0 Å². The van der Waals surface area contributed by atoms with Gasteiger partial charge >= 0.3 is 0 Å². The van der Waals surface area contributed by atoms with Gasteiger partial charge in [0.15, 0.2) is 0 Å². The van der Waals surface area contributed by atoms with Gasteiger partial charge in [-0.2, -0.15) is 0 Å². The third-order valence-electron chi connectivity index (χ3n) is 3.53. The van der Waals surface area contributed by atoms with E-state index in [9.17, 15) is 5.11 Å². The van der Waals surface area contributed by atoms with Crippen LogP contribution in [-0.4, -0.2) is 41.8 Å². The monoisotopic (exact) mass is 263 g/mol. The van der Waals surface area contributed by atoms with Gasteiger partial charge in [-0.1, -0.05) is 19.1 Å². The van der Waals surface area contributed by atoms with Crippen LogP contribution in [-0.2, 0) is 12.8 Å². The second kappa shape index (κ2) is 5.93. The quantitative estimate of drug-likeness (QED) is 0.854. The first-order chi connectivity index (χ1) is 8.98. The molecule has 1 aliphatic rings.